The molecule has 1 atom stereocenters. The smallest absolute Gasteiger partial charge is 0.306 e. The number of aliphatic carboxylic acids is 1. The van der Waals surface area contributed by atoms with Crippen LogP contribution in [0.4, 0.5) is 0 Å². The summed E-state index contributed by atoms with van der Waals surface area (Å²) < 4.78 is 9.10. The van der Waals surface area contributed by atoms with Gasteiger partial charge in [-0.25, -0.2) is 0 Å². The zero-order valence-electron chi connectivity index (χ0n) is 9.39. The van der Waals surface area contributed by atoms with Crippen molar-refractivity contribution in [3.63, 3.8) is 0 Å². The molecule has 0 saturated heterocycles. The first-order chi connectivity index (χ1) is 7.49. The average molecular weight is 232 g/mol. The first kappa shape index (κ1) is 14.4. The van der Waals surface area contributed by atoms with Crippen molar-refractivity contribution in [3.8, 4) is 0 Å². The van der Waals surface area contributed by atoms with E-state index in [4.69, 9.17) is 5.11 Å². The number of ether oxygens (including phenoxy) is 2. The van der Waals surface area contributed by atoms with E-state index in [1.54, 1.807) is 6.92 Å². The van der Waals surface area contributed by atoms with Crippen molar-refractivity contribution < 1.29 is 29.0 Å². The van der Waals surface area contributed by atoms with E-state index >= 15 is 0 Å². The van der Waals surface area contributed by atoms with Crippen LogP contribution in [0, 0.1) is 5.92 Å². The fourth-order valence-electron chi connectivity index (χ4n) is 1.24. The Morgan fingerprint density at radius 2 is 1.69 bits per heavy atom. The predicted molar refractivity (Wildman–Crippen MR) is 53.6 cm³/mol. The monoisotopic (exact) mass is 232 g/mol. The second-order valence-corrected chi connectivity index (χ2v) is 3.25. The third kappa shape index (κ3) is 6.80. The van der Waals surface area contributed by atoms with Crippen LogP contribution in [0.15, 0.2) is 0 Å². The molecule has 92 valence electrons. The van der Waals surface area contributed by atoms with E-state index in [0.29, 0.717) is 0 Å². The quantitative estimate of drug-likeness (QED) is 0.646. The van der Waals surface area contributed by atoms with Crippen LogP contribution in [-0.4, -0.2) is 36.7 Å². The molecule has 0 aliphatic rings. The maximum Gasteiger partial charge on any atom is 0.306 e. The molecule has 1 unspecified atom stereocenters. The van der Waals surface area contributed by atoms with Crippen LogP contribution in [0.25, 0.3) is 0 Å². The highest BCUT2D eigenvalue weighted by molar-refractivity contribution is 5.75. The summed E-state index contributed by atoms with van der Waals surface area (Å²) in [5.74, 6) is -2.67. The summed E-state index contributed by atoms with van der Waals surface area (Å²) in [4.78, 5) is 32.6. The zero-order chi connectivity index (χ0) is 12.6. The minimum absolute atomic E-state index is 0.0881. The second kappa shape index (κ2) is 7.67. The van der Waals surface area contributed by atoms with Gasteiger partial charge in [-0.15, -0.1) is 0 Å². The van der Waals surface area contributed by atoms with Gasteiger partial charge in [0, 0.05) is 19.3 Å². The standard InChI is InChI=1S/C10H16O6/c1-3-16-10(14)6-7(4-8(11)12)5-9(13)15-2/h7H,3-6H2,1-2H3,(H,11,12). The van der Waals surface area contributed by atoms with Crippen molar-refractivity contribution in [2.75, 3.05) is 13.7 Å². The maximum atomic E-state index is 11.1. The van der Waals surface area contributed by atoms with Crippen LogP contribution in [0.3, 0.4) is 0 Å². The summed E-state index contributed by atoms with van der Waals surface area (Å²) >= 11 is 0. The number of hydrogen-bond donors (Lipinski definition) is 1. The Morgan fingerprint density at radius 3 is 2.12 bits per heavy atom. The SMILES string of the molecule is CCOC(=O)CC(CC(=O)O)CC(=O)OC. The first-order valence-corrected chi connectivity index (χ1v) is 4.93. The second-order valence-electron chi connectivity index (χ2n) is 3.25. The molecule has 0 aromatic heterocycles. The number of carbonyl (C=O) groups is 3. The normalized spacial score (nSPS) is 11.6. The Labute approximate surface area is 93.5 Å². The van der Waals surface area contributed by atoms with E-state index in [2.05, 4.69) is 9.47 Å². The van der Waals surface area contributed by atoms with Gasteiger partial charge in [-0.3, -0.25) is 14.4 Å². The van der Waals surface area contributed by atoms with Crippen LogP contribution in [0.1, 0.15) is 26.2 Å². The summed E-state index contributed by atoms with van der Waals surface area (Å²) in [5, 5.41) is 8.61. The molecule has 0 aromatic rings. The molecule has 1 N–H and O–H groups in total. The minimum atomic E-state index is -1.06. The third-order valence-corrected chi connectivity index (χ3v) is 1.91. The summed E-state index contributed by atoms with van der Waals surface area (Å²) in [5.41, 5.74) is 0. The Morgan fingerprint density at radius 1 is 1.12 bits per heavy atom. The number of carboxylic acid groups (broad SMARTS) is 1. The zero-order valence-corrected chi connectivity index (χ0v) is 9.39. The van der Waals surface area contributed by atoms with E-state index in [1.807, 2.05) is 0 Å². The van der Waals surface area contributed by atoms with Gasteiger partial charge in [0.05, 0.1) is 13.7 Å². The van der Waals surface area contributed by atoms with Crippen LogP contribution in [0.5, 0.6) is 0 Å². The molecule has 6 nitrogen and oxygen atoms in total. The molecule has 0 bridgehead atoms. The fraction of sp³-hybridized carbons (Fsp3) is 0.700. The molecule has 0 aliphatic carbocycles. The Hall–Kier alpha value is -1.59. The lowest BCUT2D eigenvalue weighted by atomic mass is 9.98. The van der Waals surface area contributed by atoms with Gasteiger partial charge in [0.2, 0.25) is 0 Å². The molecular formula is C10H16O6. The van der Waals surface area contributed by atoms with E-state index in [-0.39, 0.29) is 25.9 Å². The van der Waals surface area contributed by atoms with Gasteiger partial charge >= 0.3 is 17.9 Å². The number of hydrogen-bond acceptors (Lipinski definition) is 5. The van der Waals surface area contributed by atoms with Crippen molar-refractivity contribution in [2.24, 2.45) is 5.92 Å². The lowest BCUT2D eigenvalue weighted by molar-refractivity contribution is -0.147. The molecule has 0 spiro atoms. The molecule has 0 radical (unpaired) electrons. The van der Waals surface area contributed by atoms with Crippen molar-refractivity contribution in [1.29, 1.82) is 0 Å². The summed E-state index contributed by atoms with van der Waals surface area (Å²) in [6.07, 6.45) is -0.440. The molecular weight excluding hydrogens is 216 g/mol. The van der Waals surface area contributed by atoms with Crippen molar-refractivity contribution >= 4 is 17.9 Å². The van der Waals surface area contributed by atoms with Gasteiger partial charge in [0.25, 0.3) is 0 Å². The van der Waals surface area contributed by atoms with Crippen molar-refractivity contribution in [2.45, 2.75) is 26.2 Å². The molecule has 0 rings (SSSR count). The number of esters is 2. The largest absolute Gasteiger partial charge is 0.481 e. The van der Waals surface area contributed by atoms with Gasteiger partial charge < -0.3 is 14.6 Å². The topological polar surface area (TPSA) is 89.9 Å². The highest BCUT2D eigenvalue weighted by Gasteiger charge is 2.21. The number of carbonyl (C=O) groups excluding carboxylic acids is 2. The predicted octanol–water partition coefficient (Wildman–Crippen LogP) is 0.594. The molecule has 0 amide bonds. The number of rotatable bonds is 7. The Balaban J connectivity index is 4.24. The van der Waals surface area contributed by atoms with Crippen LogP contribution in [0.2, 0.25) is 0 Å². The van der Waals surface area contributed by atoms with E-state index in [1.165, 1.54) is 7.11 Å². The highest BCUT2D eigenvalue weighted by Crippen LogP contribution is 2.15. The summed E-state index contributed by atoms with van der Waals surface area (Å²) in [6, 6.07) is 0. The van der Waals surface area contributed by atoms with E-state index < -0.39 is 23.8 Å². The Bertz CT molecular complexity index is 260. The van der Waals surface area contributed by atoms with Gasteiger partial charge in [0.15, 0.2) is 0 Å². The third-order valence-electron chi connectivity index (χ3n) is 1.91. The fourth-order valence-corrected chi connectivity index (χ4v) is 1.24. The molecule has 0 aromatic carbocycles. The molecule has 0 heterocycles. The molecule has 0 aliphatic heterocycles. The summed E-state index contributed by atoms with van der Waals surface area (Å²) in [7, 11) is 1.21. The van der Waals surface area contributed by atoms with Gasteiger partial charge in [-0.2, -0.15) is 0 Å². The maximum absolute atomic E-state index is 11.1. The minimum Gasteiger partial charge on any atom is -0.481 e. The van der Waals surface area contributed by atoms with E-state index in [0.717, 1.165) is 0 Å². The molecule has 16 heavy (non-hydrogen) atoms. The number of methoxy groups -OCH3 is 1. The van der Waals surface area contributed by atoms with Crippen molar-refractivity contribution in [3.05, 3.63) is 0 Å². The summed E-state index contributed by atoms with van der Waals surface area (Å²) in [6.45, 7) is 1.89. The van der Waals surface area contributed by atoms with Crippen molar-refractivity contribution in [1.82, 2.24) is 0 Å². The Kier molecular flexibility index (Phi) is 6.91. The van der Waals surface area contributed by atoms with Crippen LogP contribution < -0.4 is 0 Å². The average Bonchev–Trinajstić information content (AvgIpc) is 2.16. The first-order valence-electron chi connectivity index (χ1n) is 4.93. The van der Waals surface area contributed by atoms with Gasteiger partial charge in [0.1, 0.15) is 0 Å². The number of carboxylic acids is 1. The van der Waals surface area contributed by atoms with E-state index in [9.17, 15) is 14.4 Å². The van der Waals surface area contributed by atoms with Gasteiger partial charge in [-0.1, -0.05) is 0 Å². The van der Waals surface area contributed by atoms with Crippen LogP contribution in [-0.2, 0) is 23.9 Å². The molecule has 0 saturated carbocycles. The molecule has 6 heteroatoms. The lowest BCUT2D eigenvalue weighted by Gasteiger charge is -2.12. The molecule has 0 fully saturated rings. The van der Waals surface area contributed by atoms with Gasteiger partial charge in [-0.05, 0) is 12.8 Å². The van der Waals surface area contributed by atoms with Crippen LogP contribution >= 0.6 is 0 Å². The lowest BCUT2D eigenvalue weighted by Crippen LogP contribution is -2.18. The highest BCUT2D eigenvalue weighted by atomic mass is 16.5.